The quantitative estimate of drug-likeness (QED) is 0.402. The van der Waals surface area contributed by atoms with Gasteiger partial charge in [0.05, 0.1) is 0 Å². The van der Waals surface area contributed by atoms with Gasteiger partial charge in [0.15, 0.2) is 0 Å². The number of rotatable bonds is 2. The molecule has 0 bridgehead atoms. The lowest BCUT2D eigenvalue weighted by molar-refractivity contribution is -0.0509. The lowest BCUT2D eigenvalue weighted by atomic mass is 9.75. The van der Waals surface area contributed by atoms with Crippen LogP contribution >= 0.6 is 0 Å². The molecule has 0 saturated carbocycles. The third kappa shape index (κ3) is 4.07. The van der Waals surface area contributed by atoms with Gasteiger partial charge in [-0.3, -0.25) is 0 Å². The van der Waals surface area contributed by atoms with Crippen LogP contribution in [0.1, 0.15) is 42.5 Å². The predicted octanol–water partition coefficient (Wildman–Crippen LogP) is 4.97. The Morgan fingerprint density at radius 1 is 1.00 bits per heavy atom. The third-order valence-electron chi connectivity index (χ3n) is 4.42. The van der Waals surface area contributed by atoms with Crippen molar-refractivity contribution in [1.82, 2.24) is 0 Å². The summed E-state index contributed by atoms with van der Waals surface area (Å²) in [5.74, 6) is 5.59. The summed E-state index contributed by atoms with van der Waals surface area (Å²) in [7, 11) is -5.75. The summed E-state index contributed by atoms with van der Waals surface area (Å²) < 4.78 is 65.6. The molecule has 0 fully saturated rings. The molecule has 0 radical (unpaired) electrons. The van der Waals surface area contributed by atoms with Crippen LogP contribution in [0.3, 0.4) is 0 Å². The molecule has 0 spiro atoms. The van der Waals surface area contributed by atoms with E-state index in [1.165, 1.54) is 6.08 Å². The van der Waals surface area contributed by atoms with Crippen molar-refractivity contribution in [2.24, 2.45) is 0 Å². The second kappa shape index (κ2) is 7.02. The molecule has 146 valence electrons. The van der Waals surface area contributed by atoms with Crippen molar-refractivity contribution in [3.63, 3.8) is 0 Å². The first-order valence-electron chi connectivity index (χ1n) is 8.42. The highest BCUT2D eigenvalue weighted by Gasteiger charge is 2.49. The molecule has 0 aliphatic heterocycles. The number of allylic oxidation sites excluding steroid dienone is 1. The molecule has 0 N–H and O–H groups in total. The molecule has 0 heterocycles. The molecule has 0 unspecified atom stereocenters. The van der Waals surface area contributed by atoms with Crippen LogP contribution in [0.2, 0.25) is 0 Å². The van der Waals surface area contributed by atoms with Crippen molar-refractivity contribution in [1.29, 1.82) is 0 Å². The number of benzene rings is 2. The Labute approximate surface area is 162 Å². The summed E-state index contributed by atoms with van der Waals surface area (Å²) in [6, 6.07) is 14.3. The maximum atomic E-state index is 12.7. The summed E-state index contributed by atoms with van der Waals surface area (Å²) in [5.41, 5.74) is -3.55. The van der Waals surface area contributed by atoms with Crippen LogP contribution in [0.15, 0.2) is 54.6 Å². The highest BCUT2D eigenvalue weighted by Crippen LogP contribution is 2.41. The topological polar surface area (TPSA) is 43.4 Å². The maximum Gasteiger partial charge on any atom is 0.534 e. The zero-order chi connectivity index (χ0) is 20.6. The van der Waals surface area contributed by atoms with Gasteiger partial charge >= 0.3 is 15.6 Å². The second-order valence-corrected chi connectivity index (χ2v) is 8.55. The van der Waals surface area contributed by atoms with E-state index in [-0.39, 0.29) is 11.2 Å². The molecule has 2 aromatic carbocycles. The fourth-order valence-corrected chi connectivity index (χ4v) is 3.38. The first-order chi connectivity index (χ1) is 13.0. The average Bonchev–Trinajstić information content (AvgIpc) is 2.62. The van der Waals surface area contributed by atoms with E-state index in [1.807, 2.05) is 44.2 Å². The molecule has 3 rings (SSSR count). The lowest BCUT2D eigenvalue weighted by Gasteiger charge is -2.31. The molecule has 3 nitrogen and oxygen atoms in total. The van der Waals surface area contributed by atoms with Crippen LogP contribution in [0.25, 0.3) is 5.76 Å². The van der Waals surface area contributed by atoms with Gasteiger partial charge in [0.1, 0.15) is 5.76 Å². The van der Waals surface area contributed by atoms with Crippen molar-refractivity contribution in [2.45, 2.75) is 31.2 Å². The van der Waals surface area contributed by atoms with E-state index < -0.39 is 15.6 Å². The predicted molar refractivity (Wildman–Crippen MR) is 101 cm³/mol. The molecule has 28 heavy (non-hydrogen) atoms. The van der Waals surface area contributed by atoms with Crippen LogP contribution in [0.4, 0.5) is 13.2 Å². The Kier molecular flexibility index (Phi) is 5.02. The molecule has 1 aliphatic carbocycles. The zero-order valence-corrected chi connectivity index (χ0v) is 16.0. The number of fused-ring (bicyclic) bond motifs is 1. The first kappa shape index (κ1) is 20.0. The van der Waals surface area contributed by atoms with Gasteiger partial charge in [-0.05, 0) is 47.7 Å². The standard InChI is InChI=1S/C21H17F3O3S/c1-20(2)13-12-19(27-28(25,26)21(22,23)24)17-14-16(10-11-18(17)20)9-8-15-6-4-3-5-7-15/h3-7,10-12,14H,13H2,1-2H3. The Morgan fingerprint density at radius 3 is 2.29 bits per heavy atom. The van der Waals surface area contributed by atoms with Crippen molar-refractivity contribution in [3.05, 3.63) is 76.9 Å². The number of alkyl halides is 3. The number of halogens is 3. The second-order valence-electron chi connectivity index (χ2n) is 7.02. The van der Waals surface area contributed by atoms with Crippen molar-refractivity contribution in [2.75, 3.05) is 0 Å². The molecule has 0 aromatic heterocycles. The van der Waals surface area contributed by atoms with E-state index in [0.29, 0.717) is 23.1 Å². The Hall–Kier alpha value is -2.72. The molecular weight excluding hydrogens is 389 g/mol. The smallest absolute Gasteiger partial charge is 0.376 e. The molecule has 1 aliphatic rings. The van der Waals surface area contributed by atoms with Crippen LogP contribution in [-0.4, -0.2) is 13.9 Å². The van der Waals surface area contributed by atoms with Crippen LogP contribution in [0.5, 0.6) is 0 Å². The van der Waals surface area contributed by atoms with Crippen molar-refractivity contribution in [3.8, 4) is 11.8 Å². The Bertz CT molecular complexity index is 1090. The summed E-state index contributed by atoms with van der Waals surface area (Å²) in [6.45, 7) is 3.85. The summed E-state index contributed by atoms with van der Waals surface area (Å²) in [4.78, 5) is 0. The van der Waals surface area contributed by atoms with Crippen LogP contribution < -0.4 is 0 Å². The summed E-state index contributed by atoms with van der Waals surface area (Å²) >= 11 is 0. The minimum atomic E-state index is -5.75. The fraction of sp³-hybridized carbons (Fsp3) is 0.238. The molecule has 0 amide bonds. The van der Waals surface area contributed by atoms with E-state index >= 15 is 0 Å². The Balaban J connectivity index is 2.03. The number of hydrogen-bond donors (Lipinski definition) is 0. The van der Waals surface area contributed by atoms with Gasteiger partial charge < -0.3 is 4.18 Å². The van der Waals surface area contributed by atoms with Crippen LogP contribution in [0, 0.1) is 11.8 Å². The van der Waals surface area contributed by atoms with Crippen LogP contribution in [-0.2, 0) is 19.7 Å². The van der Waals surface area contributed by atoms with Gasteiger partial charge in [-0.1, -0.05) is 50.0 Å². The van der Waals surface area contributed by atoms with Gasteiger partial charge in [-0.25, -0.2) is 0 Å². The van der Waals surface area contributed by atoms with E-state index in [0.717, 1.165) is 5.56 Å². The fourth-order valence-electron chi connectivity index (χ4n) is 2.89. The van der Waals surface area contributed by atoms with E-state index in [4.69, 9.17) is 0 Å². The Morgan fingerprint density at radius 2 is 1.64 bits per heavy atom. The average molecular weight is 406 g/mol. The van der Waals surface area contributed by atoms with Gasteiger partial charge in [0, 0.05) is 16.7 Å². The van der Waals surface area contributed by atoms with Gasteiger partial charge in [0.25, 0.3) is 0 Å². The minimum Gasteiger partial charge on any atom is -0.376 e. The minimum absolute atomic E-state index is 0.295. The van der Waals surface area contributed by atoms with Gasteiger partial charge in [0.2, 0.25) is 0 Å². The molecule has 7 heteroatoms. The van der Waals surface area contributed by atoms with Crippen molar-refractivity contribution >= 4 is 15.9 Å². The monoisotopic (exact) mass is 406 g/mol. The zero-order valence-electron chi connectivity index (χ0n) is 15.2. The first-order valence-corrected chi connectivity index (χ1v) is 9.83. The maximum absolute atomic E-state index is 12.7. The van der Waals surface area contributed by atoms with Gasteiger partial charge in [-0.2, -0.15) is 21.6 Å². The summed E-state index contributed by atoms with van der Waals surface area (Å²) in [5, 5.41) is 0. The van der Waals surface area contributed by atoms with Crippen molar-refractivity contribution < 1.29 is 25.8 Å². The molecule has 0 atom stereocenters. The van der Waals surface area contributed by atoms with Gasteiger partial charge in [-0.15, -0.1) is 0 Å². The van der Waals surface area contributed by atoms with E-state index in [9.17, 15) is 21.6 Å². The summed E-state index contributed by atoms with van der Waals surface area (Å²) in [6.07, 6.45) is 1.72. The largest absolute Gasteiger partial charge is 0.534 e. The molecule has 0 saturated heterocycles. The highest BCUT2D eigenvalue weighted by molar-refractivity contribution is 7.87. The lowest BCUT2D eigenvalue weighted by Crippen LogP contribution is -2.27. The highest BCUT2D eigenvalue weighted by atomic mass is 32.2. The van der Waals surface area contributed by atoms with E-state index in [1.54, 1.807) is 18.2 Å². The normalized spacial score (nSPS) is 15.7. The molecular formula is C21H17F3O3S. The molecule has 2 aromatic rings. The third-order valence-corrected chi connectivity index (χ3v) is 5.39. The van der Waals surface area contributed by atoms with E-state index in [2.05, 4.69) is 16.0 Å². The SMILES string of the molecule is CC1(C)CC=C(OS(=O)(=O)C(F)(F)F)c2cc(C#Cc3ccccc3)ccc21. The number of hydrogen-bond acceptors (Lipinski definition) is 3.